The SMILES string of the molecule is Nc1c([N+](=O)[O-])cc([N+](=O)[O-])cc1C(F)(F)F. The minimum Gasteiger partial charge on any atom is -0.393 e. The molecule has 0 aliphatic rings. The summed E-state index contributed by atoms with van der Waals surface area (Å²) in [5.41, 5.74) is 0.0211. The second-order valence-electron chi connectivity index (χ2n) is 2.94. The summed E-state index contributed by atoms with van der Waals surface area (Å²) in [7, 11) is 0. The second-order valence-corrected chi connectivity index (χ2v) is 2.94. The summed E-state index contributed by atoms with van der Waals surface area (Å²) in [5.74, 6) is 0. The van der Waals surface area contributed by atoms with Crippen molar-refractivity contribution < 1.29 is 23.0 Å². The van der Waals surface area contributed by atoms with E-state index in [0.29, 0.717) is 6.07 Å². The smallest absolute Gasteiger partial charge is 0.393 e. The van der Waals surface area contributed by atoms with Crippen LogP contribution >= 0.6 is 0 Å². The van der Waals surface area contributed by atoms with Crippen molar-refractivity contribution in [2.75, 3.05) is 5.73 Å². The van der Waals surface area contributed by atoms with Crippen LogP contribution < -0.4 is 5.73 Å². The van der Waals surface area contributed by atoms with Gasteiger partial charge >= 0.3 is 6.18 Å². The lowest BCUT2D eigenvalue weighted by molar-refractivity contribution is -0.394. The van der Waals surface area contributed by atoms with Crippen molar-refractivity contribution in [1.29, 1.82) is 0 Å². The molecule has 7 nitrogen and oxygen atoms in total. The largest absolute Gasteiger partial charge is 0.418 e. The lowest BCUT2D eigenvalue weighted by atomic mass is 10.1. The third-order valence-corrected chi connectivity index (χ3v) is 1.86. The zero-order valence-corrected chi connectivity index (χ0v) is 7.89. The van der Waals surface area contributed by atoms with E-state index in [-0.39, 0.29) is 6.07 Å². The molecule has 92 valence electrons. The van der Waals surface area contributed by atoms with Crippen molar-refractivity contribution >= 4 is 17.1 Å². The Kier molecular flexibility index (Phi) is 2.90. The van der Waals surface area contributed by atoms with E-state index in [2.05, 4.69) is 0 Å². The van der Waals surface area contributed by atoms with Gasteiger partial charge in [0.1, 0.15) is 5.69 Å². The number of nitrogen functional groups attached to an aromatic ring is 1. The first-order valence-corrected chi connectivity index (χ1v) is 3.94. The minimum atomic E-state index is -5.00. The highest BCUT2D eigenvalue weighted by atomic mass is 19.4. The number of nitro groups is 2. The summed E-state index contributed by atoms with van der Waals surface area (Å²) in [6.45, 7) is 0. The minimum absolute atomic E-state index is 0.155. The van der Waals surface area contributed by atoms with Crippen molar-refractivity contribution in [3.63, 3.8) is 0 Å². The molecule has 0 aromatic heterocycles. The van der Waals surface area contributed by atoms with Crippen molar-refractivity contribution in [2.45, 2.75) is 6.18 Å². The second kappa shape index (κ2) is 3.88. The van der Waals surface area contributed by atoms with Crippen molar-refractivity contribution in [2.24, 2.45) is 0 Å². The van der Waals surface area contributed by atoms with Gasteiger partial charge in [-0.05, 0) is 0 Å². The molecule has 0 bridgehead atoms. The van der Waals surface area contributed by atoms with Crippen LogP contribution in [0, 0.1) is 20.2 Å². The molecule has 0 saturated heterocycles. The molecule has 0 radical (unpaired) electrons. The van der Waals surface area contributed by atoms with E-state index >= 15 is 0 Å². The number of hydrogen-bond donors (Lipinski definition) is 1. The van der Waals surface area contributed by atoms with Crippen LogP contribution in [0.4, 0.5) is 30.2 Å². The maximum Gasteiger partial charge on any atom is 0.418 e. The lowest BCUT2D eigenvalue weighted by Gasteiger charge is -2.09. The average molecular weight is 251 g/mol. The number of nitro benzene ring substituents is 2. The molecule has 1 aromatic carbocycles. The fourth-order valence-corrected chi connectivity index (χ4v) is 1.11. The Balaban J connectivity index is 3.60. The number of non-ortho nitro benzene ring substituents is 1. The maximum absolute atomic E-state index is 12.4. The number of nitrogens with zero attached hydrogens (tertiary/aromatic N) is 2. The number of nitrogens with two attached hydrogens (primary N) is 1. The Morgan fingerprint density at radius 1 is 1.12 bits per heavy atom. The predicted octanol–water partition coefficient (Wildman–Crippen LogP) is 2.10. The van der Waals surface area contributed by atoms with Crippen LogP contribution in [0.1, 0.15) is 5.56 Å². The van der Waals surface area contributed by atoms with Gasteiger partial charge in [-0.1, -0.05) is 0 Å². The molecule has 0 spiro atoms. The molecule has 1 rings (SSSR count). The monoisotopic (exact) mass is 251 g/mol. The average Bonchev–Trinajstić information content (AvgIpc) is 2.15. The van der Waals surface area contributed by atoms with E-state index < -0.39 is 38.6 Å². The zero-order valence-electron chi connectivity index (χ0n) is 7.89. The quantitative estimate of drug-likeness (QED) is 0.491. The third kappa shape index (κ3) is 2.41. The highest BCUT2D eigenvalue weighted by Crippen LogP contribution is 2.40. The molecule has 0 unspecified atom stereocenters. The van der Waals surface area contributed by atoms with Crippen molar-refractivity contribution in [3.05, 3.63) is 37.9 Å². The first-order chi connectivity index (χ1) is 7.64. The van der Waals surface area contributed by atoms with Gasteiger partial charge in [-0.3, -0.25) is 20.2 Å². The summed E-state index contributed by atoms with van der Waals surface area (Å²) in [6.07, 6.45) is -5.00. The van der Waals surface area contributed by atoms with Crippen molar-refractivity contribution in [1.82, 2.24) is 0 Å². The van der Waals surface area contributed by atoms with Gasteiger partial charge in [0.15, 0.2) is 0 Å². The molecule has 2 N–H and O–H groups in total. The number of alkyl halides is 3. The van der Waals surface area contributed by atoms with E-state index in [9.17, 15) is 33.4 Å². The topological polar surface area (TPSA) is 112 Å². The lowest BCUT2D eigenvalue weighted by Crippen LogP contribution is -2.11. The number of halogens is 3. The molecule has 0 atom stereocenters. The van der Waals surface area contributed by atoms with E-state index in [4.69, 9.17) is 5.73 Å². The standard InChI is InChI=1S/C7H4F3N3O4/c8-7(9,10)4-1-3(12(14)15)2-5(6(4)11)13(16)17/h1-2H,11H2. The fraction of sp³-hybridized carbons (Fsp3) is 0.143. The molecule has 17 heavy (non-hydrogen) atoms. The van der Waals surface area contributed by atoms with Gasteiger partial charge in [-0.25, -0.2) is 0 Å². The van der Waals surface area contributed by atoms with Gasteiger partial charge in [0.05, 0.1) is 21.5 Å². The molecule has 0 fully saturated rings. The van der Waals surface area contributed by atoms with Gasteiger partial charge in [-0.15, -0.1) is 0 Å². The number of benzene rings is 1. The van der Waals surface area contributed by atoms with Gasteiger partial charge < -0.3 is 5.73 Å². The maximum atomic E-state index is 12.4. The van der Waals surface area contributed by atoms with E-state index in [1.165, 1.54) is 0 Å². The molecular weight excluding hydrogens is 247 g/mol. The van der Waals surface area contributed by atoms with Crippen LogP contribution in [0.15, 0.2) is 12.1 Å². The molecular formula is C7H4F3N3O4. The Morgan fingerprint density at radius 2 is 1.65 bits per heavy atom. The first kappa shape index (κ1) is 12.7. The fourth-order valence-electron chi connectivity index (χ4n) is 1.11. The van der Waals surface area contributed by atoms with Gasteiger partial charge in [-0.2, -0.15) is 13.2 Å². The summed E-state index contributed by atoms with van der Waals surface area (Å²) < 4.78 is 37.2. The molecule has 0 aliphatic carbocycles. The summed E-state index contributed by atoms with van der Waals surface area (Å²) in [4.78, 5) is 18.4. The molecule has 0 aliphatic heterocycles. The van der Waals surface area contributed by atoms with Crippen molar-refractivity contribution in [3.8, 4) is 0 Å². The molecule has 0 saturated carbocycles. The summed E-state index contributed by atoms with van der Waals surface area (Å²) >= 11 is 0. The third-order valence-electron chi connectivity index (χ3n) is 1.86. The highest BCUT2D eigenvalue weighted by Gasteiger charge is 2.38. The highest BCUT2D eigenvalue weighted by molar-refractivity contribution is 5.68. The molecule has 0 heterocycles. The molecule has 1 aromatic rings. The van der Waals surface area contributed by atoms with Crippen LogP contribution in [0.2, 0.25) is 0 Å². The Morgan fingerprint density at radius 3 is 2.00 bits per heavy atom. The Bertz CT molecular complexity index is 500. The van der Waals surface area contributed by atoms with Crippen LogP contribution in [0.25, 0.3) is 0 Å². The molecule has 10 heteroatoms. The number of anilines is 1. The number of rotatable bonds is 2. The summed E-state index contributed by atoms with van der Waals surface area (Å²) in [5, 5.41) is 20.8. The Labute approximate surface area is 90.9 Å². The number of hydrogen-bond acceptors (Lipinski definition) is 5. The van der Waals surface area contributed by atoms with Crippen LogP contribution in [-0.2, 0) is 6.18 Å². The first-order valence-electron chi connectivity index (χ1n) is 3.94. The normalized spacial score (nSPS) is 11.2. The molecule has 0 amide bonds. The summed E-state index contributed by atoms with van der Waals surface area (Å²) in [6, 6.07) is 0.535. The van der Waals surface area contributed by atoms with Gasteiger partial charge in [0.25, 0.3) is 11.4 Å². The van der Waals surface area contributed by atoms with E-state index in [1.54, 1.807) is 0 Å². The van der Waals surface area contributed by atoms with Crippen LogP contribution in [-0.4, -0.2) is 9.85 Å². The predicted molar refractivity (Wildman–Crippen MR) is 49.2 cm³/mol. The van der Waals surface area contributed by atoms with E-state index in [0.717, 1.165) is 0 Å². The van der Waals surface area contributed by atoms with Crippen LogP contribution in [0.5, 0.6) is 0 Å². The Hall–Kier alpha value is -2.39. The van der Waals surface area contributed by atoms with E-state index in [1.807, 2.05) is 0 Å². The van der Waals surface area contributed by atoms with Gasteiger partial charge in [0.2, 0.25) is 0 Å². The zero-order chi connectivity index (χ0) is 13.4. The van der Waals surface area contributed by atoms with Crippen LogP contribution in [0.3, 0.4) is 0 Å². The van der Waals surface area contributed by atoms with Gasteiger partial charge in [0, 0.05) is 6.07 Å².